The Morgan fingerprint density at radius 2 is 2.50 bits per heavy atom. The van der Waals surface area contributed by atoms with Crippen LogP contribution in [0.2, 0.25) is 0 Å². The molecule has 0 bridgehead atoms. The van der Waals surface area contributed by atoms with Gasteiger partial charge in [0.05, 0.1) is 18.3 Å². The molecule has 0 aliphatic carbocycles. The van der Waals surface area contributed by atoms with E-state index in [4.69, 9.17) is 5.11 Å². The van der Waals surface area contributed by atoms with E-state index in [1.165, 1.54) is 11.3 Å². The Hall–Kier alpha value is -1.69. The second-order valence-corrected chi connectivity index (χ2v) is 3.60. The molecule has 14 heavy (non-hydrogen) atoms. The molecule has 6 heteroatoms. The number of carboxylic acids is 1. The van der Waals surface area contributed by atoms with E-state index in [-0.39, 0.29) is 6.42 Å². The first-order valence-corrected chi connectivity index (χ1v) is 4.80. The van der Waals surface area contributed by atoms with Crippen LogP contribution in [0.3, 0.4) is 0 Å². The van der Waals surface area contributed by atoms with Gasteiger partial charge in [-0.05, 0) is 17.5 Å². The van der Waals surface area contributed by atoms with E-state index in [1.807, 2.05) is 17.5 Å². The van der Waals surface area contributed by atoms with Crippen LogP contribution < -0.4 is 0 Å². The van der Waals surface area contributed by atoms with Crippen molar-refractivity contribution in [1.29, 1.82) is 0 Å². The van der Waals surface area contributed by atoms with Gasteiger partial charge in [-0.15, -0.1) is 16.4 Å². The summed E-state index contributed by atoms with van der Waals surface area (Å²) < 4.78 is 1.57. The van der Waals surface area contributed by atoms with Crippen molar-refractivity contribution in [2.45, 2.75) is 6.42 Å². The molecule has 2 heterocycles. The third-order valence-corrected chi connectivity index (χ3v) is 2.46. The number of hydrogen-bond donors (Lipinski definition) is 1. The van der Waals surface area contributed by atoms with Gasteiger partial charge in [-0.3, -0.25) is 4.79 Å². The van der Waals surface area contributed by atoms with Crippen LogP contribution in [0, 0.1) is 0 Å². The second kappa shape index (κ2) is 3.59. The SMILES string of the molecule is O=C(O)Cc1cn(-c2cccs2)nn1. The smallest absolute Gasteiger partial charge is 0.309 e. The van der Waals surface area contributed by atoms with Crippen molar-refractivity contribution in [2.75, 3.05) is 0 Å². The number of carbonyl (C=O) groups is 1. The largest absolute Gasteiger partial charge is 0.481 e. The van der Waals surface area contributed by atoms with Crippen LogP contribution in [0.4, 0.5) is 0 Å². The van der Waals surface area contributed by atoms with E-state index < -0.39 is 5.97 Å². The van der Waals surface area contributed by atoms with Gasteiger partial charge < -0.3 is 5.11 Å². The molecule has 0 aliphatic heterocycles. The summed E-state index contributed by atoms with van der Waals surface area (Å²) in [5.74, 6) is -0.900. The fraction of sp³-hybridized carbons (Fsp3) is 0.125. The van der Waals surface area contributed by atoms with Gasteiger partial charge in [0.2, 0.25) is 0 Å². The standard InChI is InChI=1S/C8H7N3O2S/c12-8(13)4-6-5-11(10-9-6)7-2-1-3-14-7/h1-3,5H,4H2,(H,12,13). The first kappa shape index (κ1) is 8.89. The van der Waals surface area contributed by atoms with Crippen molar-refractivity contribution in [3.05, 3.63) is 29.4 Å². The lowest BCUT2D eigenvalue weighted by molar-refractivity contribution is -0.136. The maximum absolute atomic E-state index is 10.4. The highest BCUT2D eigenvalue weighted by Gasteiger charge is 2.06. The summed E-state index contributed by atoms with van der Waals surface area (Å²) in [6.45, 7) is 0. The van der Waals surface area contributed by atoms with E-state index in [1.54, 1.807) is 10.9 Å². The number of rotatable bonds is 3. The zero-order valence-electron chi connectivity index (χ0n) is 7.12. The van der Waals surface area contributed by atoms with E-state index in [9.17, 15) is 4.79 Å². The highest BCUT2D eigenvalue weighted by atomic mass is 32.1. The van der Waals surface area contributed by atoms with Crippen molar-refractivity contribution in [3.8, 4) is 5.00 Å². The van der Waals surface area contributed by atoms with Crippen LogP contribution in [0.15, 0.2) is 23.7 Å². The molecular formula is C8H7N3O2S. The molecule has 2 rings (SSSR count). The van der Waals surface area contributed by atoms with Crippen molar-refractivity contribution >= 4 is 17.3 Å². The molecule has 1 N–H and O–H groups in total. The van der Waals surface area contributed by atoms with Crippen LogP contribution in [0.1, 0.15) is 5.69 Å². The number of nitrogens with zero attached hydrogens (tertiary/aromatic N) is 3. The summed E-state index contributed by atoms with van der Waals surface area (Å²) >= 11 is 1.52. The highest BCUT2D eigenvalue weighted by Crippen LogP contribution is 2.13. The topological polar surface area (TPSA) is 68.0 Å². The average molecular weight is 209 g/mol. The van der Waals surface area contributed by atoms with Crippen molar-refractivity contribution in [2.24, 2.45) is 0 Å². The molecule has 0 aliphatic rings. The average Bonchev–Trinajstić information content (AvgIpc) is 2.69. The predicted molar refractivity (Wildman–Crippen MR) is 50.6 cm³/mol. The van der Waals surface area contributed by atoms with Crippen molar-refractivity contribution in [1.82, 2.24) is 15.0 Å². The van der Waals surface area contributed by atoms with Gasteiger partial charge in [-0.1, -0.05) is 5.21 Å². The Balaban J connectivity index is 2.22. The first-order chi connectivity index (χ1) is 6.75. The monoisotopic (exact) mass is 209 g/mol. The molecule has 2 aromatic rings. The molecule has 0 spiro atoms. The van der Waals surface area contributed by atoms with Gasteiger partial charge in [-0.25, -0.2) is 4.68 Å². The number of aromatic nitrogens is 3. The molecule has 72 valence electrons. The lowest BCUT2D eigenvalue weighted by Gasteiger charge is -1.90. The van der Waals surface area contributed by atoms with E-state index in [0.29, 0.717) is 5.69 Å². The summed E-state index contributed by atoms with van der Waals surface area (Å²) in [5, 5.41) is 19.0. The Morgan fingerprint density at radius 3 is 3.14 bits per heavy atom. The minimum Gasteiger partial charge on any atom is -0.481 e. The normalized spacial score (nSPS) is 10.3. The molecular weight excluding hydrogens is 202 g/mol. The van der Waals surface area contributed by atoms with Crippen LogP contribution in [0.25, 0.3) is 5.00 Å². The quantitative estimate of drug-likeness (QED) is 0.817. The molecule has 0 aromatic carbocycles. The Bertz CT molecular complexity index is 435. The molecule has 5 nitrogen and oxygen atoms in total. The fourth-order valence-corrected chi connectivity index (χ4v) is 1.69. The first-order valence-electron chi connectivity index (χ1n) is 3.92. The van der Waals surface area contributed by atoms with Crippen LogP contribution in [-0.2, 0) is 11.2 Å². The predicted octanol–water partition coefficient (Wildman–Crippen LogP) is 0.956. The van der Waals surface area contributed by atoms with Crippen LogP contribution >= 0.6 is 11.3 Å². The third kappa shape index (κ3) is 1.80. The highest BCUT2D eigenvalue weighted by molar-refractivity contribution is 7.12. The van der Waals surface area contributed by atoms with Crippen molar-refractivity contribution in [3.63, 3.8) is 0 Å². The number of thiophene rings is 1. The van der Waals surface area contributed by atoms with E-state index >= 15 is 0 Å². The summed E-state index contributed by atoms with van der Waals surface area (Å²) in [4.78, 5) is 10.4. The summed E-state index contributed by atoms with van der Waals surface area (Å²) in [7, 11) is 0. The minimum atomic E-state index is -0.900. The Morgan fingerprint density at radius 1 is 1.64 bits per heavy atom. The lowest BCUT2D eigenvalue weighted by atomic mass is 10.3. The van der Waals surface area contributed by atoms with Gasteiger partial charge in [0, 0.05) is 0 Å². The third-order valence-electron chi connectivity index (χ3n) is 1.61. The fourth-order valence-electron chi connectivity index (χ4n) is 1.04. The maximum atomic E-state index is 10.4. The number of aliphatic carboxylic acids is 1. The van der Waals surface area contributed by atoms with Gasteiger partial charge in [0.25, 0.3) is 0 Å². The molecule has 0 radical (unpaired) electrons. The van der Waals surface area contributed by atoms with Gasteiger partial charge in [-0.2, -0.15) is 0 Å². The number of carboxylic acid groups (broad SMARTS) is 1. The molecule has 0 unspecified atom stereocenters. The van der Waals surface area contributed by atoms with Crippen LogP contribution in [-0.4, -0.2) is 26.1 Å². The molecule has 2 aromatic heterocycles. The summed E-state index contributed by atoms with van der Waals surface area (Å²) in [6.07, 6.45) is 1.53. The minimum absolute atomic E-state index is 0.0919. The lowest BCUT2D eigenvalue weighted by Crippen LogP contribution is -1.99. The van der Waals surface area contributed by atoms with Gasteiger partial charge >= 0.3 is 5.97 Å². The number of hydrogen-bond acceptors (Lipinski definition) is 4. The van der Waals surface area contributed by atoms with Crippen LogP contribution in [0.5, 0.6) is 0 Å². The maximum Gasteiger partial charge on any atom is 0.309 e. The summed E-state index contributed by atoms with van der Waals surface area (Å²) in [6, 6.07) is 3.79. The molecule has 0 amide bonds. The van der Waals surface area contributed by atoms with Crippen molar-refractivity contribution < 1.29 is 9.90 Å². The molecule has 0 fully saturated rings. The Kier molecular flexibility index (Phi) is 2.28. The Labute approximate surface area is 83.6 Å². The summed E-state index contributed by atoms with van der Waals surface area (Å²) in [5.41, 5.74) is 0.464. The molecule has 0 saturated heterocycles. The zero-order valence-corrected chi connectivity index (χ0v) is 7.94. The second-order valence-electron chi connectivity index (χ2n) is 2.68. The zero-order chi connectivity index (χ0) is 9.97. The van der Waals surface area contributed by atoms with E-state index in [2.05, 4.69) is 10.3 Å². The molecule has 0 atom stereocenters. The van der Waals surface area contributed by atoms with E-state index in [0.717, 1.165) is 5.00 Å². The van der Waals surface area contributed by atoms with Gasteiger partial charge in [0.15, 0.2) is 0 Å². The molecule has 0 saturated carbocycles. The van der Waals surface area contributed by atoms with Gasteiger partial charge in [0.1, 0.15) is 5.00 Å².